The van der Waals surface area contributed by atoms with E-state index in [1.165, 1.54) is 10.4 Å². The van der Waals surface area contributed by atoms with Crippen molar-refractivity contribution in [1.29, 1.82) is 0 Å². The lowest BCUT2D eigenvalue weighted by atomic mass is 10.1. The Kier molecular flexibility index (Phi) is 12.8. The Balaban J connectivity index is 1.64. The molecule has 0 aromatic heterocycles. The molecule has 4 aromatic rings. The highest BCUT2D eigenvalue weighted by Gasteiger charge is 2.45. The fourth-order valence-corrected chi connectivity index (χ4v) is 11.5. The van der Waals surface area contributed by atoms with Crippen molar-refractivity contribution in [1.82, 2.24) is 10.6 Å². The zero-order valence-electron chi connectivity index (χ0n) is 27.6. The van der Waals surface area contributed by atoms with Crippen LogP contribution in [0.1, 0.15) is 51.7 Å². The van der Waals surface area contributed by atoms with Gasteiger partial charge in [-0.15, -0.1) is 0 Å². The molecule has 2 atom stereocenters. The normalized spacial score (nSPS) is 13.0. The van der Waals surface area contributed by atoms with Crippen molar-refractivity contribution in [2.24, 2.45) is 0 Å². The topological polar surface area (TPSA) is 76.7 Å². The number of carbonyl (C=O) groups excluding carboxylic acids is 2. The van der Waals surface area contributed by atoms with Gasteiger partial charge in [-0.3, -0.25) is 4.79 Å². The summed E-state index contributed by atoms with van der Waals surface area (Å²) in [5.74, 6) is -0.217. The van der Waals surface area contributed by atoms with E-state index >= 15 is 0 Å². The van der Waals surface area contributed by atoms with Gasteiger partial charge in [-0.05, 0) is 50.8 Å². The van der Waals surface area contributed by atoms with Crippen molar-refractivity contribution in [3.05, 3.63) is 132 Å². The molecule has 0 heterocycles. The van der Waals surface area contributed by atoms with Crippen LogP contribution < -0.4 is 21.0 Å². The van der Waals surface area contributed by atoms with Gasteiger partial charge in [-0.2, -0.15) is 0 Å². The molecule has 0 aliphatic heterocycles. The van der Waals surface area contributed by atoms with Crippen LogP contribution in [0.5, 0.6) is 0 Å². The van der Waals surface area contributed by atoms with Gasteiger partial charge < -0.3 is 20.1 Å². The van der Waals surface area contributed by atoms with E-state index in [-0.39, 0.29) is 11.6 Å². The lowest BCUT2D eigenvalue weighted by molar-refractivity contribution is -0.123. The third-order valence-corrected chi connectivity index (χ3v) is 13.8. The molecule has 2 amide bonds. The maximum Gasteiger partial charge on any atom is 0.408 e. The molecule has 4 rings (SSSR count). The molecule has 242 valence electrons. The minimum absolute atomic E-state index is 0.141. The first-order valence-corrected chi connectivity index (χ1v) is 18.6. The molecule has 1 unspecified atom stereocenters. The van der Waals surface area contributed by atoms with Gasteiger partial charge in [-0.1, -0.05) is 139 Å². The van der Waals surface area contributed by atoms with Crippen molar-refractivity contribution in [3.8, 4) is 0 Å². The predicted octanol–water partition coefficient (Wildman–Crippen LogP) is 6.43. The molecule has 0 aliphatic rings. The van der Waals surface area contributed by atoms with Crippen LogP contribution in [0.4, 0.5) is 4.79 Å². The predicted molar refractivity (Wildman–Crippen MR) is 189 cm³/mol. The van der Waals surface area contributed by atoms with Crippen molar-refractivity contribution >= 4 is 30.4 Å². The van der Waals surface area contributed by atoms with Crippen LogP contribution in [0.25, 0.3) is 0 Å². The first-order chi connectivity index (χ1) is 22.2. The second-order valence-corrected chi connectivity index (χ2v) is 17.0. The molecule has 0 radical (unpaired) electrons. The quantitative estimate of drug-likeness (QED) is 0.117. The summed E-state index contributed by atoms with van der Waals surface area (Å²) in [6.45, 7) is 8.76. The summed E-state index contributed by atoms with van der Waals surface area (Å²) in [6.07, 6.45) is 1.32. The highest BCUT2D eigenvalue weighted by atomic mass is 28.3. The lowest BCUT2D eigenvalue weighted by Gasteiger charge is -2.41. The number of rotatable bonds is 15. The van der Waals surface area contributed by atoms with Crippen LogP contribution in [0, 0.1) is 0 Å². The molecule has 0 fully saturated rings. The van der Waals surface area contributed by atoms with E-state index in [9.17, 15) is 9.59 Å². The molecule has 0 saturated carbocycles. The van der Waals surface area contributed by atoms with Crippen LogP contribution in [0.3, 0.4) is 0 Å². The van der Waals surface area contributed by atoms with Crippen LogP contribution in [-0.4, -0.2) is 44.0 Å². The Labute approximate surface area is 275 Å². The van der Waals surface area contributed by atoms with Crippen LogP contribution in [-0.2, 0) is 27.3 Å². The SMILES string of the molecule is CCC(NC(=O)[C@H](Cc1ccccc1)NC(=O)OC(C)(C)C)[Si](CCCOCc1ccccc1)(c1ccccc1)c1ccccc1. The second-order valence-electron chi connectivity index (χ2n) is 12.7. The standard InChI is InChI=1S/C39H48N2O4Si/c1-5-36(41-37(42)35(29-31-19-10-6-11-20-31)40-38(43)45-39(2,3)4)46(33-23-14-8-15-24-33,34-25-16-9-17-26-34)28-18-27-44-30-32-21-12-7-13-22-32/h6-17,19-26,35-36H,5,18,27-30H2,1-4H3,(H,40,43)(H,41,42)/t35-,36?/m0/s1. The number of amides is 2. The Morgan fingerprint density at radius 3 is 1.72 bits per heavy atom. The zero-order chi connectivity index (χ0) is 32.8. The van der Waals surface area contributed by atoms with Crippen molar-refractivity contribution in [2.45, 2.75) is 76.9 Å². The highest BCUT2D eigenvalue weighted by Crippen LogP contribution is 2.22. The fraction of sp³-hybridized carbons (Fsp3) is 0.333. The van der Waals surface area contributed by atoms with Crippen molar-refractivity contribution < 1.29 is 19.1 Å². The van der Waals surface area contributed by atoms with E-state index in [2.05, 4.69) is 78.2 Å². The molecule has 0 aliphatic carbocycles. The lowest BCUT2D eigenvalue weighted by Crippen LogP contribution is -2.71. The number of benzene rings is 4. The maximum atomic E-state index is 14.3. The number of ether oxygens (including phenoxy) is 2. The number of hydrogen-bond acceptors (Lipinski definition) is 4. The minimum Gasteiger partial charge on any atom is -0.444 e. The van der Waals surface area contributed by atoms with E-state index in [4.69, 9.17) is 9.47 Å². The monoisotopic (exact) mass is 636 g/mol. The molecule has 0 bridgehead atoms. The van der Waals surface area contributed by atoms with E-state index in [0.717, 1.165) is 30.0 Å². The Morgan fingerprint density at radius 2 is 1.22 bits per heavy atom. The molecule has 6 nitrogen and oxygen atoms in total. The largest absolute Gasteiger partial charge is 0.444 e. The zero-order valence-corrected chi connectivity index (χ0v) is 28.6. The third kappa shape index (κ3) is 9.90. The molecule has 0 spiro atoms. The Bertz CT molecular complexity index is 1440. The third-order valence-electron chi connectivity index (χ3n) is 8.16. The second kappa shape index (κ2) is 16.9. The smallest absolute Gasteiger partial charge is 0.408 e. The molecular weight excluding hydrogens is 589 g/mol. The average Bonchev–Trinajstić information content (AvgIpc) is 3.06. The summed E-state index contributed by atoms with van der Waals surface area (Å²) in [7, 11) is -2.64. The summed E-state index contributed by atoms with van der Waals surface area (Å²) in [5, 5.41) is 8.87. The summed E-state index contributed by atoms with van der Waals surface area (Å²) in [4.78, 5) is 27.2. The highest BCUT2D eigenvalue weighted by molar-refractivity contribution is 7.03. The van der Waals surface area contributed by atoms with E-state index < -0.39 is 25.8 Å². The number of carbonyl (C=O) groups is 2. The van der Waals surface area contributed by atoms with Gasteiger partial charge in [0.2, 0.25) is 5.91 Å². The van der Waals surface area contributed by atoms with Gasteiger partial charge in [0, 0.05) is 18.7 Å². The van der Waals surface area contributed by atoms with E-state index in [0.29, 0.717) is 19.6 Å². The Hall–Kier alpha value is -4.20. The number of nitrogens with one attached hydrogen (secondary N) is 2. The fourth-order valence-electron chi connectivity index (χ4n) is 6.08. The van der Waals surface area contributed by atoms with Gasteiger partial charge in [0.15, 0.2) is 0 Å². The van der Waals surface area contributed by atoms with E-state index in [1.807, 2.05) is 81.4 Å². The van der Waals surface area contributed by atoms with Gasteiger partial charge in [0.25, 0.3) is 0 Å². The maximum absolute atomic E-state index is 14.3. The molecule has 2 N–H and O–H groups in total. The first kappa shape index (κ1) is 34.7. The number of alkyl carbamates (subject to hydrolysis) is 1. The van der Waals surface area contributed by atoms with Crippen molar-refractivity contribution in [3.63, 3.8) is 0 Å². The van der Waals surface area contributed by atoms with E-state index in [1.54, 1.807) is 0 Å². The van der Waals surface area contributed by atoms with Gasteiger partial charge in [0.1, 0.15) is 19.7 Å². The summed E-state index contributed by atoms with van der Waals surface area (Å²) in [6, 6.07) is 41.3. The molecular formula is C39H48N2O4Si. The summed E-state index contributed by atoms with van der Waals surface area (Å²) < 4.78 is 11.7. The van der Waals surface area contributed by atoms with Crippen LogP contribution in [0.15, 0.2) is 121 Å². The molecule has 4 aromatic carbocycles. The molecule has 46 heavy (non-hydrogen) atoms. The molecule has 7 heteroatoms. The summed E-state index contributed by atoms with van der Waals surface area (Å²) in [5.41, 5.74) is 1.28. The average molecular weight is 637 g/mol. The van der Waals surface area contributed by atoms with Crippen LogP contribution >= 0.6 is 0 Å². The first-order valence-electron chi connectivity index (χ1n) is 16.3. The Morgan fingerprint density at radius 1 is 0.717 bits per heavy atom. The van der Waals surface area contributed by atoms with Crippen molar-refractivity contribution in [2.75, 3.05) is 6.61 Å². The summed E-state index contributed by atoms with van der Waals surface area (Å²) >= 11 is 0. The van der Waals surface area contributed by atoms with Gasteiger partial charge in [0.05, 0.1) is 6.61 Å². The van der Waals surface area contributed by atoms with Gasteiger partial charge in [-0.25, -0.2) is 4.79 Å². The number of hydrogen-bond donors (Lipinski definition) is 2. The van der Waals surface area contributed by atoms with Gasteiger partial charge >= 0.3 is 6.09 Å². The molecule has 0 saturated heterocycles. The minimum atomic E-state index is -2.64. The van der Waals surface area contributed by atoms with Crippen LogP contribution in [0.2, 0.25) is 6.04 Å².